The van der Waals surface area contributed by atoms with E-state index in [9.17, 15) is 4.39 Å². The minimum Gasteiger partial charge on any atom is -0.374 e. The monoisotopic (exact) mass is 241 g/mol. The van der Waals surface area contributed by atoms with Crippen LogP contribution in [0.4, 0.5) is 10.1 Å². The molecule has 1 aromatic carbocycles. The topological polar surface area (TPSA) is 3.24 Å². The Hall–Kier alpha value is -0.760. The van der Waals surface area contributed by atoms with Crippen LogP contribution >= 0.6 is 11.6 Å². The van der Waals surface area contributed by atoms with Crippen LogP contribution in [0.25, 0.3) is 0 Å². The molecule has 1 aromatic rings. The molecular formula is C13H17ClFN. The highest BCUT2D eigenvalue weighted by Gasteiger charge is 2.20. The lowest BCUT2D eigenvalue weighted by molar-refractivity contribution is 0.321. The smallest absolute Gasteiger partial charge is 0.129 e. The second-order valence-corrected chi connectivity index (χ2v) is 4.82. The number of halogens is 2. The maximum absolute atomic E-state index is 13.5. The summed E-state index contributed by atoms with van der Waals surface area (Å²) in [5.74, 6) is 0.807. The molecule has 0 aromatic heterocycles. The predicted octanol–water partition coefficient (Wildman–Crippen LogP) is 3.80. The Labute approximate surface area is 101 Å². The predicted molar refractivity (Wildman–Crippen MR) is 66.6 cm³/mol. The molecule has 16 heavy (non-hydrogen) atoms. The number of hydrogen-bond acceptors (Lipinski definition) is 1. The van der Waals surface area contributed by atoms with Gasteiger partial charge in [-0.2, -0.15) is 0 Å². The van der Waals surface area contributed by atoms with Crippen LogP contribution in [0.1, 0.15) is 24.8 Å². The molecule has 0 saturated heterocycles. The van der Waals surface area contributed by atoms with Crippen LogP contribution in [0.2, 0.25) is 0 Å². The van der Waals surface area contributed by atoms with Gasteiger partial charge in [0.1, 0.15) is 5.82 Å². The lowest BCUT2D eigenvalue weighted by Crippen LogP contribution is -2.30. The standard InChI is InChI=1S/C13H17ClFN/c1-16(9-10-4-2-5-10)13-7-3-6-12(15)11(13)8-14/h3,6-7,10H,2,4-5,8-9H2,1H3. The number of rotatable bonds is 4. The summed E-state index contributed by atoms with van der Waals surface area (Å²) in [6.45, 7) is 1.01. The van der Waals surface area contributed by atoms with Gasteiger partial charge in [0, 0.05) is 24.8 Å². The van der Waals surface area contributed by atoms with Crippen molar-refractivity contribution in [3.05, 3.63) is 29.6 Å². The SMILES string of the molecule is CN(CC1CCC1)c1cccc(F)c1CCl. The summed E-state index contributed by atoms with van der Waals surface area (Å²) in [5, 5.41) is 0. The maximum Gasteiger partial charge on any atom is 0.129 e. The number of anilines is 1. The molecule has 1 aliphatic carbocycles. The molecule has 0 bridgehead atoms. The van der Waals surface area contributed by atoms with Crippen molar-refractivity contribution in [1.82, 2.24) is 0 Å². The van der Waals surface area contributed by atoms with Crippen molar-refractivity contribution in [3.63, 3.8) is 0 Å². The Morgan fingerprint density at radius 1 is 1.44 bits per heavy atom. The first-order chi connectivity index (χ1) is 7.72. The summed E-state index contributed by atoms with van der Waals surface area (Å²) >= 11 is 5.80. The molecule has 0 N–H and O–H groups in total. The van der Waals surface area contributed by atoms with E-state index in [0.29, 0.717) is 5.56 Å². The molecule has 1 nitrogen and oxygen atoms in total. The van der Waals surface area contributed by atoms with Gasteiger partial charge in [0.15, 0.2) is 0 Å². The van der Waals surface area contributed by atoms with Crippen molar-refractivity contribution in [2.24, 2.45) is 5.92 Å². The first-order valence-corrected chi connectivity index (χ1v) is 6.30. The Kier molecular flexibility index (Phi) is 3.70. The maximum atomic E-state index is 13.5. The van der Waals surface area contributed by atoms with Crippen LogP contribution in [0, 0.1) is 11.7 Å². The Morgan fingerprint density at radius 3 is 2.75 bits per heavy atom. The molecule has 0 heterocycles. The van der Waals surface area contributed by atoms with Crippen LogP contribution in [0.3, 0.4) is 0 Å². The van der Waals surface area contributed by atoms with E-state index in [2.05, 4.69) is 4.90 Å². The van der Waals surface area contributed by atoms with E-state index in [4.69, 9.17) is 11.6 Å². The van der Waals surface area contributed by atoms with Crippen LogP contribution in [-0.2, 0) is 5.88 Å². The van der Waals surface area contributed by atoms with Gasteiger partial charge in [-0.15, -0.1) is 11.6 Å². The summed E-state index contributed by atoms with van der Waals surface area (Å²) in [4.78, 5) is 2.13. The van der Waals surface area contributed by atoms with Crippen LogP contribution in [-0.4, -0.2) is 13.6 Å². The van der Waals surface area contributed by atoms with Gasteiger partial charge in [-0.3, -0.25) is 0 Å². The van der Waals surface area contributed by atoms with Gasteiger partial charge in [-0.05, 0) is 30.9 Å². The fourth-order valence-electron chi connectivity index (χ4n) is 2.20. The highest BCUT2D eigenvalue weighted by atomic mass is 35.5. The molecule has 1 aliphatic rings. The highest BCUT2D eigenvalue weighted by molar-refractivity contribution is 6.17. The summed E-state index contributed by atoms with van der Waals surface area (Å²) < 4.78 is 13.5. The molecule has 88 valence electrons. The van der Waals surface area contributed by atoms with Gasteiger partial charge in [-0.1, -0.05) is 12.5 Å². The molecule has 0 atom stereocenters. The molecule has 2 rings (SSSR count). The van der Waals surface area contributed by atoms with Crippen molar-refractivity contribution >= 4 is 17.3 Å². The van der Waals surface area contributed by atoms with Crippen molar-refractivity contribution in [2.45, 2.75) is 25.1 Å². The Morgan fingerprint density at radius 2 is 2.19 bits per heavy atom. The highest BCUT2D eigenvalue weighted by Crippen LogP contribution is 2.30. The van der Waals surface area contributed by atoms with Gasteiger partial charge in [0.25, 0.3) is 0 Å². The van der Waals surface area contributed by atoms with Crippen molar-refractivity contribution in [2.75, 3.05) is 18.5 Å². The minimum atomic E-state index is -0.201. The zero-order valence-corrected chi connectivity index (χ0v) is 10.3. The number of alkyl halides is 1. The molecule has 0 radical (unpaired) electrons. The third kappa shape index (κ3) is 2.32. The van der Waals surface area contributed by atoms with Crippen LogP contribution in [0.15, 0.2) is 18.2 Å². The van der Waals surface area contributed by atoms with Gasteiger partial charge >= 0.3 is 0 Å². The first-order valence-electron chi connectivity index (χ1n) is 5.77. The second-order valence-electron chi connectivity index (χ2n) is 4.55. The van der Waals surface area contributed by atoms with Crippen molar-refractivity contribution in [1.29, 1.82) is 0 Å². The van der Waals surface area contributed by atoms with Crippen molar-refractivity contribution < 1.29 is 4.39 Å². The molecule has 0 aliphatic heterocycles. The molecule has 1 fully saturated rings. The van der Waals surface area contributed by atoms with E-state index in [1.54, 1.807) is 6.07 Å². The van der Waals surface area contributed by atoms with Crippen molar-refractivity contribution in [3.8, 4) is 0 Å². The van der Waals surface area contributed by atoms with E-state index < -0.39 is 0 Å². The van der Waals surface area contributed by atoms with Gasteiger partial charge in [-0.25, -0.2) is 4.39 Å². The molecule has 1 saturated carbocycles. The fraction of sp³-hybridized carbons (Fsp3) is 0.538. The zero-order valence-electron chi connectivity index (χ0n) is 9.55. The molecule has 0 unspecified atom stereocenters. The quantitative estimate of drug-likeness (QED) is 0.725. The second kappa shape index (κ2) is 5.05. The van der Waals surface area contributed by atoms with E-state index >= 15 is 0 Å². The number of hydrogen-bond donors (Lipinski definition) is 0. The number of benzene rings is 1. The average Bonchev–Trinajstić information content (AvgIpc) is 2.22. The Bertz CT molecular complexity index is 363. The largest absolute Gasteiger partial charge is 0.374 e. The Balaban J connectivity index is 2.14. The van der Waals surface area contributed by atoms with E-state index in [1.807, 2.05) is 13.1 Å². The summed E-state index contributed by atoms with van der Waals surface area (Å²) in [6.07, 6.45) is 3.94. The third-order valence-electron chi connectivity index (χ3n) is 3.40. The fourth-order valence-corrected chi connectivity index (χ4v) is 2.46. The van der Waals surface area contributed by atoms with Gasteiger partial charge < -0.3 is 4.90 Å². The molecule has 0 spiro atoms. The van der Waals surface area contributed by atoms with E-state index in [1.165, 1.54) is 25.3 Å². The summed E-state index contributed by atoms with van der Waals surface area (Å²) in [6, 6.07) is 5.16. The summed E-state index contributed by atoms with van der Waals surface area (Å²) in [7, 11) is 2.02. The first kappa shape index (κ1) is 11.7. The molecule has 0 amide bonds. The lowest BCUT2D eigenvalue weighted by atomic mass is 9.85. The lowest BCUT2D eigenvalue weighted by Gasteiger charge is -2.32. The van der Waals surface area contributed by atoms with Gasteiger partial charge in [0.2, 0.25) is 0 Å². The zero-order chi connectivity index (χ0) is 11.5. The van der Waals surface area contributed by atoms with E-state index in [-0.39, 0.29) is 11.7 Å². The molecule has 3 heteroatoms. The normalized spacial score (nSPS) is 15.9. The third-order valence-corrected chi connectivity index (χ3v) is 3.66. The minimum absolute atomic E-state index is 0.201. The van der Waals surface area contributed by atoms with Crippen LogP contribution < -0.4 is 4.90 Å². The molecular weight excluding hydrogens is 225 g/mol. The average molecular weight is 242 g/mol. The van der Waals surface area contributed by atoms with Gasteiger partial charge in [0.05, 0.1) is 5.88 Å². The summed E-state index contributed by atoms with van der Waals surface area (Å²) in [5.41, 5.74) is 1.55. The van der Waals surface area contributed by atoms with E-state index in [0.717, 1.165) is 18.2 Å². The van der Waals surface area contributed by atoms with Crippen LogP contribution in [0.5, 0.6) is 0 Å². The number of nitrogens with zero attached hydrogens (tertiary/aromatic N) is 1.